The van der Waals surface area contributed by atoms with Crippen LogP contribution in [0.2, 0.25) is 5.02 Å². The third kappa shape index (κ3) is 4.81. The molecule has 0 aliphatic carbocycles. The van der Waals surface area contributed by atoms with Gasteiger partial charge in [-0.1, -0.05) is 17.7 Å². The van der Waals surface area contributed by atoms with Gasteiger partial charge in [0.2, 0.25) is 19.9 Å². The number of rotatable bonds is 6. The largest absolute Gasteiger partial charge is 0.417 e. The molecule has 0 aromatic carbocycles. The lowest BCUT2D eigenvalue weighted by molar-refractivity contribution is -0.137. The van der Waals surface area contributed by atoms with E-state index in [1.165, 1.54) is 6.20 Å². The van der Waals surface area contributed by atoms with E-state index in [2.05, 4.69) is 14.7 Å². The van der Waals surface area contributed by atoms with E-state index in [1.54, 1.807) is 18.2 Å². The molecule has 3 aromatic rings. The summed E-state index contributed by atoms with van der Waals surface area (Å²) in [4.78, 5) is 7.30. The van der Waals surface area contributed by atoms with E-state index in [4.69, 9.17) is 11.6 Å². The number of aromatic nitrogens is 2. The topological polar surface area (TPSA) is 106 Å². The van der Waals surface area contributed by atoms with Crippen LogP contribution in [0.4, 0.5) is 13.2 Å². The highest BCUT2D eigenvalue weighted by atomic mass is 35.5. The molecule has 0 spiro atoms. The predicted molar refractivity (Wildman–Crippen MR) is 102 cm³/mol. The number of hydrogen-bond acceptors (Lipinski definition) is 7. The van der Waals surface area contributed by atoms with E-state index >= 15 is 0 Å². The van der Waals surface area contributed by atoms with E-state index in [1.807, 2.05) is 0 Å². The molecule has 3 heterocycles. The monoisotopic (exact) mass is 497 g/mol. The Kier molecular flexibility index (Phi) is 6.20. The number of alkyl halides is 3. The van der Waals surface area contributed by atoms with Gasteiger partial charge in [-0.25, -0.2) is 26.5 Å². The number of nitrogens with one attached hydrogen (secondary N) is 1. The maximum atomic E-state index is 12.7. The molecule has 0 unspecified atom stereocenters. The van der Waals surface area contributed by atoms with Gasteiger partial charge in [-0.05, 0) is 30.3 Å². The second-order valence-corrected chi connectivity index (χ2v) is 11.3. The lowest BCUT2D eigenvalue weighted by Gasteiger charge is -2.09. The zero-order valence-electron chi connectivity index (χ0n) is 14.6. The Hall–Kier alpha value is -2.06. The van der Waals surface area contributed by atoms with Crippen molar-refractivity contribution in [2.75, 3.05) is 0 Å². The van der Waals surface area contributed by atoms with E-state index in [0.29, 0.717) is 29.3 Å². The SMILES string of the molecule is O=S(=O)(NCc1ccccn1)c1ccc(S(=O)(=O)c2ncc(C(F)(F)F)cc2Cl)s1. The van der Waals surface area contributed by atoms with Crippen LogP contribution in [0.15, 0.2) is 62.2 Å². The van der Waals surface area contributed by atoms with E-state index < -0.39 is 45.9 Å². The molecule has 0 aliphatic rings. The normalized spacial score (nSPS) is 12.8. The first kappa shape index (κ1) is 22.6. The van der Waals surface area contributed by atoms with Crippen molar-refractivity contribution in [3.63, 3.8) is 0 Å². The van der Waals surface area contributed by atoms with Gasteiger partial charge in [-0.15, -0.1) is 11.3 Å². The molecule has 0 saturated heterocycles. The van der Waals surface area contributed by atoms with Crippen LogP contribution in [0.1, 0.15) is 11.3 Å². The van der Waals surface area contributed by atoms with Crippen molar-refractivity contribution in [1.29, 1.82) is 0 Å². The second kappa shape index (κ2) is 8.23. The summed E-state index contributed by atoms with van der Waals surface area (Å²) in [6, 6.07) is 7.47. The number of nitrogens with zero attached hydrogens (tertiary/aromatic N) is 2. The van der Waals surface area contributed by atoms with Gasteiger partial charge in [0, 0.05) is 12.4 Å². The standard InChI is InChI=1S/C16H11ClF3N3O4S3/c17-12-7-10(16(18,19)20)8-22-15(12)29(24,25)13-4-5-14(28-13)30(26,27)23-9-11-3-1-2-6-21-11/h1-8,23H,9H2. The maximum absolute atomic E-state index is 12.7. The van der Waals surface area contributed by atoms with Crippen molar-refractivity contribution in [2.45, 2.75) is 26.2 Å². The molecule has 7 nitrogen and oxygen atoms in total. The Morgan fingerprint density at radius 2 is 1.73 bits per heavy atom. The Bertz CT molecular complexity index is 1280. The molecule has 0 bridgehead atoms. The van der Waals surface area contributed by atoms with Crippen LogP contribution in [0, 0.1) is 0 Å². The molecule has 3 rings (SSSR count). The third-order valence-electron chi connectivity index (χ3n) is 3.65. The first-order chi connectivity index (χ1) is 13.9. The fraction of sp³-hybridized carbons (Fsp3) is 0.125. The molecule has 160 valence electrons. The summed E-state index contributed by atoms with van der Waals surface area (Å²) in [5.41, 5.74) is -0.758. The van der Waals surface area contributed by atoms with Gasteiger partial charge in [0.15, 0.2) is 5.03 Å². The Labute approximate surface area is 178 Å². The zero-order valence-corrected chi connectivity index (χ0v) is 17.8. The Morgan fingerprint density at radius 3 is 2.33 bits per heavy atom. The van der Waals surface area contributed by atoms with Gasteiger partial charge in [0.25, 0.3) is 0 Å². The maximum Gasteiger partial charge on any atom is 0.417 e. The summed E-state index contributed by atoms with van der Waals surface area (Å²) in [6.07, 6.45) is -2.92. The minimum Gasteiger partial charge on any atom is -0.260 e. The number of halogens is 4. The summed E-state index contributed by atoms with van der Waals surface area (Å²) in [5.74, 6) is 0. The van der Waals surface area contributed by atoms with E-state index in [9.17, 15) is 30.0 Å². The molecule has 0 fully saturated rings. The van der Waals surface area contributed by atoms with Crippen molar-refractivity contribution in [1.82, 2.24) is 14.7 Å². The summed E-state index contributed by atoms with van der Waals surface area (Å²) in [5, 5.41) is -1.53. The number of pyridine rings is 2. The molecule has 1 N–H and O–H groups in total. The molecule has 30 heavy (non-hydrogen) atoms. The van der Waals surface area contributed by atoms with Crippen molar-refractivity contribution >= 4 is 42.8 Å². The van der Waals surface area contributed by atoms with Crippen LogP contribution in [0.5, 0.6) is 0 Å². The van der Waals surface area contributed by atoms with Gasteiger partial charge >= 0.3 is 6.18 Å². The fourth-order valence-electron chi connectivity index (χ4n) is 2.21. The van der Waals surface area contributed by atoms with Crippen molar-refractivity contribution < 1.29 is 30.0 Å². The molecule has 0 saturated carbocycles. The predicted octanol–water partition coefficient (Wildman–Crippen LogP) is 3.52. The number of thiophene rings is 1. The second-order valence-electron chi connectivity index (χ2n) is 5.73. The average Bonchev–Trinajstić information content (AvgIpc) is 3.18. The van der Waals surface area contributed by atoms with Gasteiger partial charge in [0.05, 0.1) is 22.8 Å². The van der Waals surface area contributed by atoms with Crippen LogP contribution in [0.25, 0.3) is 0 Å². The minimum atomic E-state index is -4.75. The summed E-state index contributed by atoms with van der Waals surface area (Å²) < 4.78 is 89.9. The first-order valence-electron chi connectivity index (χ1n) is 7.88. The average molecular weight is 498 g/mol. The lowest BCUT2D eigenvalue weighted by Crippen LogP contribution is -2.22. The molecule has 0 atom stereocenters. The number of sulfonamides is 1. The van der Waals surface area contributed by atoms with Crippen molar-refractivity contribution in [3.8, 4) is 0 Å². The van der Waals surface area contributed by atoms with Gasteiger partial charge in [-0.2, -0.15) is 13.2 Å². The Morgan fingerprint density at radius 1 is 1.03 bits per heavy atom. The van der Waals surface area contributed by atoms with E-state index in [0.717, 1.165) is 12.1 Å². The molecular formula is C16H11ClF3N3O4S3. The van der Waals surface area contributed by atoms with Crippen LogP contribution < -0.4 is 4.72 Å². The molecule has 14 heteroatoms. The third-order valence-corrected chi connectivity index (χ3v) is 9.23. The number of hydrogen-bond donors (Lipinski definition) is 1. The van der Waals surface area contributed by atoms with Gasteiger partial charge < -0.3 is 0 Å². The zero-order chi connectivity index (χ0) is 22.2. The molecular weight excluding hydrogens is 487 g/mol. The molecule has 3 aromatic heterocycles. The van der Waals surface area contributed by atoms with Gasteiger partial charge in [-0.3, -0.25) is 4.98 Å². The van der Waals surface area contributed by atoms with Crippen LogP contribution in [0.3, 0.4) is 0 Å². The molecule has 0 aliphatic heterocycles. The van der Waals surface area contributed by atoms with Crippen LogP contribution >= 0.6 is 22.9 Å². The summed E-state index contributed by atoms with van der Waals surface area (Å²) in [7, 11) is -8.49. The highest BCUT2D eigenvalue weighted by Crippen LogP contribution is 2.35. The van der Waals surface area contributed by atoms with Crippen molar-refractivity contribution in [3.05, 3.63) is 65.1 Å². The van der Waals surface area contributed by atoms with Crippen molar-refractivity contribution in [2.24, 2.45) is 0 Å². The minimum absolute atomic E-state index is 0.116. The van der Waals surface area contributed by atoms with Crippen LogP contribution in [-0.4, -0.2) is 26.8 Å². The van der Waals surface area contributed by atoms with Gasteiger partial charge in [0.1, 0.15) is 8.42 Å². The first-order valence-corrected chi connectivity index (χ1v) is 12.0. The summed E-state index contributed by atoms with van der Waals surface area (Å²) in [6.45, 7) is -0.116. The van der Waals surface area contributed by atoms with Crippen LogP contribution in [-0.2, 0) is 32.6 Å². The summed E-state index contributed by atoms with van der Waals surface area (Å²) >= 11 is 6.13. The quantitative estimate of drug-likeness (QED) is 0.558. The Balaban J connectivity index is 1.87. The fourth-order valence-corrected chi connectivity index (χ4v) is 6.81. The smallest absolute Gasteiger partial charge is 0.260 e. The number of sulfone groups is 1. The van der Waals surface area contributed by atoms with E-state index in [-0.39, 0.29) is 10.8 Å². The molecule has 0 amide bonds. The lowest BCUT2D eigenvalue weighted by atomic mass is 10.3. The molecule has 0 radical (unpaired) electrons. The highest BCUT2D eigenvalue weighted by Gasteiger charge is 2.34. The highest BCUT2D eigenvalue weighted by molar-refractivity contribution is 7.95.